The second-order valence-electron chi connectivity index (χ2n) is 4.84. The van der Waals surface area contributed by atoms with Crippen molar-refractivity contribution in [2.45, 2.75) is 13.5 Å². The van der Waals surface area contributed by atoms with E-state index in [1.165, 1.54) is 12.1 Å². The number of ether oxygens (including phenoxy) is 1. The topological polar surface area (TPSA) is 67.4 Å². The molecule has 0 fully saturated rings. The molecule has 0 aliphatic carbocycles. The Morgan fingerprint density at radius 2 is 1.83 bits per heavy atom. The van der Waals surface area contributed by atoms with Gasteiger partial charge in [-0.2, -0.15) is 0 Å². The first-order valence-corrected chi connectivity index (χ1v) is 7.63. The second kappa shape index (κ2) is 8.31. The number of halogens is 2. The molecule has 2 aromatic carbocycles. The minimum Gasteiger partial charge on any atom is -0.494 e. The van der Waals surface area contributed by atoms with Crippen LogP contribution in [0.15, 0.2) is 42.5 Å². The molecule has 0 atom stereocenters. The number of carbonyl (C=O) groups is 2. The summed E-state index contributed by atoms with van der Waals surface area (Å²) in [6, 6.07) is 10.9. The molecule has 2 N–H and O–H groups in total. The number of benzene rings is 2. The molecule has 24 heavy (non-hydrogen) atoms. The molecule has 2 amide bonds. The number of rotatable bonds is 5. The van der Waals surface area contributed by atoms with E-state index in [0.29, 0.717) is 6.61 Å². The summed E-state index contributed by atoms with van der Waals surface area (Å²) >= 11 is 5.62. The van der Waals surface area contributed by atoms with Crippen molar-refractivity contribution in [1.82, 2.24) is 5.32 Å². The largest absolute Gasteiger partial charge is 0.494 e. The first-order chi connectivity index (χ1) is 11.5. The highest BCUT2D eigenvalue weighted by Gasteiger charge is 2.15. The van der Waals surface area contributed by atoms with Crippen LogP contribution in [0.25, 0.3) is 0 Å². The molecule has 0 aromatic heterocycles. The predicted molar refractivity (Wildman–Crippen MR) is 89.5 cm³/mol. The van der Waals surface area contributed by atoms with Crippen LogP contribution >= 0.6 is 11.6 Å². The molecule has 5 nitrogen and oxygen atoms in total. The molecule has 126 valence electrons. The van der Waals surface area contributed by atoms with E-state index in [0.717, 1.165) is 17.4 Å². The van der Waals surface area contributed by atoms with Crippen molar-refractivity contribution in [3.63, 3.8) is 0 Å². The fraction of sp³-hybridized carbons (Fsp3) is 0.176. The minimum atomic E-state index is -0.956. The van der Waals surface area contributed by atoms with E-state index in [4.69, 9.17) is 16.3 Å². The van der Waals surface area contributed by atoms with E-state index in [1.54, 1.807) is 24.3 Å². The molecule has 7 heteroatoms. The molecule has 0 radical (unpaired) electrons. The van der Waals surface area contributed by atoms with Crippen LogP contribution in [0.4, 0.5) is 10.1 Å². The summed E-state index contributed by atoms with van der Waals surface area (Å²) in [4.78, 5) is 23.5. The van der Waals surface area contributed by atoms with E-state index in [9.17, 15) is 14.0 Å². The molecular formula is C17H16ClFN2O3. The standard InChI is InChI=1S/C17H16ClFN2O3/c1-2-24-13-6-3-11(4-7-13)10-20-16(22)17(23)21-15-8-5-12(18)9-14(15)19/h3-9H,2,10H2,1H3,(H,20,22)(H,21,23). The van der Waals surface area contributed by atoms with E-state index in [1.807, 2.05) is 6.92 Å². The van der Waals surface area contributed by atoms with Gasteiger partial charge in [0.15, 0.2) is 0 Å². The highest BCUT2D eigenvalue weighted by molar-refractivity contribution is 6.39. The number of amides is 2. The Kier molecular flexibility index (Phi) is 6.14. The lowest BCUT2D eigenvalue weighted by atomic mass is 10.2. The molecule has 2 aromatic rings. The number of hydrogen-bond acceptors (Lipinski definition) is 3. The van der Waals surface area contributed by atoms with Gasteiger partial charge in [0.25, 0.3) is 0 Å². The molecule has 0 bridgehead atoms. The number of hydrogen-bond donors (Lipinski definition) is 2. The molecule has 0 aliphatic rings. The van der Waals surface area contributed by atoms with Crippen molar-refractivity contribution in [3.05, 3.63) is 58.9 Å². The lowest BCUT2D eigenvalue weighted by Crippen LogP contribution is -2.35. The summed E-state index contributed by atoms with van der Waals surface area (Å²) in [5, 5.41) is 4.86. The zero-order valence-electron chi connectivity index (χ0n) is 12.9. The third-order valence-corrected chi connectivity index (χ3v) is 3.31. The van der Waals surface area contributed by atoms with Crippen LogP contribution in [-0.4, -0.2) is 18.4 Å². The molecular weight excluding hydrogens is 335 g/mol. The van der Waals surface area contributed by atoms with Crippen molar-refractivity contribution in [2.75, 3.05) is 11.9 Å². The Balaban J connectivity index is 1.88. The molecule has 0 spiro atoms. The van der Waals surface area contributed by atoms with Gasteiger partial charge in [-0.15, -0.1) is 0 Å². The third-order valence-electron chi connectivity index (χ3n) is 3.07. The van der Waals surface area contributed by atoms with Crippen LogP contribution in [0.2, 0.25) is 5.02 Å². The van der Waals surface area contributed by atoms with Crippen molar-refractivity contribution in [2.24, 2.45) is 0 Å². The maximum absolute atomic E-state index is 13.6. The second-order valence-corrected chi connectivity index (χ2v) is 5.27. The van der Waals surface area contributed by atoms with E-state index < -0.39 is 17.6 Å². The molecule has 0 saturated heterocycles. The van der Waals surface area contributed by atoms with Gasteiger partial charge in [-0.25, -0.2) is 4.39 Å². The van der Waals surface area contributed by atoms with Crippen LogP contribution < -0.4 is 15.4 Å². The summed E-state index contributed by atoms with van der Waals surface area (Å²) in [6.07, 6.45) is 0. The highest BCUT2D eigenvalue weighted by atomic mass is 35.5. The summed E-state index contributed by atoms with van der Waals surface area (Å²) in [6.45, 7) is 2.62. The van der Waals surface area contributed by atoms with Crippen LogP contribution in [0.5, 0.6) is 5.75 Å². The summed E-state index contributed by atoms with van der Waals surface area (Å²) < 4.78 is 18.9. The van der Waals surface area contributed by atoms with Gasteiger partial charge in [0.1, 0.15) is 11.6 Å². The maximum Gasteiger partial charge on any atom is 0.313 e. The quantitative estimate of drug-likeness (QED) is 0.814. The first kappa shape index (κ1) is 17.7. The predicted octanol–water partition coefficient (Wildman–Crippen LogP) is 3.13. The van der Waals surface area contributed by atoms with Gasteiger partial charge in [-0.05, 0) is 42.8 Å². The van der Waals surface area contributed by atoms with Crippen LogP contribution in [0.1, 0.15) is 12.5 Å². The maximum atomic E-state index is 13.6. The Labute approximate surface area is 143 Å². The Hall–Kier alpha value is -2.60. The van der Waals surface area contributed by atoms with Crippen LogP contribution in [0, 0.1) is 5.82 Å². The van der Waals surface area contributed by atoms with E-state index in [2.05, 4.69) is 10.6 Å². The Bertz CT molecular complexity index is 735. The van der Waals surface area contributed by atoms with Gasteiger partial charge >= 0.3 is 11.8 Å². The van der Waals surface area contributed by atoms with Crippen molar-refractivity contribution >= 4 is 29.1 Å². The van der Waals surface area contributed by atoms with Gasteiger partial charge in [0.2, 0.25) is 0 Å². The van der Waals surface area contributed by atoms with Gasteiger partial charge in [-0.3, -0.25) is 9.59 Å². The fourth-order valence-electron chi connectivity index (χ4n) is 1.90. The molecule has 0 saturated carbocycles. The van der Waals surface area contributed by atoms with E-state index >= 15 is 0 Å². The van der Waals surface area contributed by atoms with Crippen LogP contribution in [0.3, 0.4) is 0 Å². The van der Waals surface area contributed by atoms with E-state index in [-0.39, 0.29) is 17.3 Å². The minimum absolute atomic E-state index is 0.111. The van der Waals surface area contributed by atoms with Gasteiger partial charge < -0.3 is 15.4 Å². The van der Waals surface area contributed by atoms with Crippen LogP contribution in [-0.2, 0) is 16.1 Å². The number of carbonyl (C=O) groups excluding carboxylic acids is 2. The molecule has 0 heterocycles. The smallest absolute Gasteiger partial charge is 0.313 e. The summed E-state index contributed by atoms with van der Waals surface area (Å²) in [5.74, 6) is -1.81. The average molecular weight is 351 g/mol. The van der Waals surface area contributed by atoms with Crippen molar-refractivity contribution in [1.29, 1.82) is 0 Å². The monoisotopic (exact) mass is 350 g/mol. The van der Waals surface area contributed by atoms with Crippen molar-refractivity contribution in [3.8, 4) is 5.75 Å². The van der Waals surface area contributed by atoms with Gasteiger partial charge in [0, 0.05) is 11.6 Å². The Morgan fingerprint density at radius 1 is 1.12 bits per heavy atom. The first-order valence-electron chi connectivity index (χ1n) is 7.25. The summed E-state index contributed by atoms with van der Waals surface area (Å²) in [5.41, 5.74) is 0.692. The highest BCUT2D eigenvalue weighted by Crippen LogP contribution is 2.18. The number of nitrogens with one attached hydrogen (secondary N) is 2. The molecule has 0 unspecified atom stereocenters. The SMILES string of the molecule is CCOc1ccc(CNC(=O)C(=O)Nc2ccc(Cl)cc2F)cc1. The lowest BCUT2D eigenvalue weighted by Gasteiger charge is -2.08. The molecule has 2 rings (SSSR count). The fourth-order valence-corrected chi connectivity index (χ4v) is 2.06. The summed E-state index contributed by atoms with van der Waals surface area (Å²) in [7, 11) is 0. The molecule has 0 aliphatic heterocycles. The van der Waals surface area contributed by atoms with Crippen molar-refractivity contribution < 1.29 is 18.7 Å². The van der Waals surface area contributed by atoms with Gasteiger partial charge in [0.05, 0.1) is 12.3 Å². The van der Waals surface area contributed by atoms with Gasteiger partial charge in [-0.1, -0.05) is 23.7 Å². The zero-order valence-corrected chi connectivity index (χ0v) is 13.7. The average Bonchev–Trinajstić information content (AvgIpc) is 2.56. The number of anilines is 1. The third kappa shape index (κ3) is 4.96. The lowest BCUT2D eigenvalue weighted by molar-refractivity contribution is -0.136. The zero-order chi connectivity index (χ0) is 17.5. The Morgan fingerprint density at radius 3 is 2.46 bits per heavy atom. The normalized spacial score (nSPS) is 10.1.